The minimum Gasteiger partial charge on any atom is -0.330 e. The molecule has 0 atom stereocenters. The Kier molecular flexibility index (Phi) is 5.82. The summed E-state index contributed by atoms with van der Waals surface area (Å²) >= 11 is 0. The quantitative estimate of drug-likeness (QED) is 0.714. The van der Waals surface area contributed by atoms with Gasteiger partial charge >= 0.3 is 0 Å². The summed E-state index contributed by atoms with van der Waals surface area (Å²) in [7, 11) is 0. The SMILES string of the molecule is CCCC1CCC(CN)(CCC(C)C)CC1. The number of hydrogen-bond donors (Lipinski definition) is 1. The van der Waals surface area contributed by atoms with Crippen LogP contribution in [0.3, 0.4) is 0 Å². The summed E-state index contributed by atoms with van der Waals surface area (Å²) in [5.74, 6) is 1.83. The summed E-state index contributed by atoms with van der Waals surface area (Å²) in [5.41, 5.74) is 6.55. The van der Waals surface area contributed by atoms with Gasteiger partial charge in [-0.3, -0.25) is 0 Å². The summed E-state index contributed by atoms with van der Waals surface area (Å²) in [5, 5.41) is 0. The van der Waals surface area contributed by atoms with Gasteiger partial charge in [0.15, 0.2) is 0 Å². The molecule has 1 rings (SSSR count). The molecule has 0 unspecified atom stereocenters. The van der Waals surface area contributed by atoms with Crippen LogP contribution in [0.15, 0.2) is 0 Å². The Morgan fingerprint density at radius 2 is 1.88 bits per heavy atom. The van der Waals surface area contributed by atoms with Crippen LogP contribution >= 0.6 is 0 Å². The molecule has 0 aromatic carbocycles. The molecule has 0 aromatic rings. The second-order valence-corrected chi connectivity index (χ2v) is 6.37. The first-order chi connectivity index (χ1) is 7.62. The molecule has 0 aliphatic heterocycles. The summed E-state index contributed by atoms with van der Waals surface area (Å²) < 4.78 is 0. The van der Waals surface area contributed by atoms with E-state index < -0.39 is 0 Å². The van der Waals surface area contributed by atoms with Gasteiger partial charge in [-0.2, -0.15) is 0 Å². The van der Waals surface area contributed by atoms with Gasteiger partial charge in [-0.1, -0.05) is 40.0 Å². The van der Waals surface area contributed by atoms with Gasteiger partial charge in [-0.25, -0.2) is 0 Å². The predicted molar refractivity (Wildman–Crippen MR) is 72.4 cm³/mol. The van der Waals surface area contributed by atoms with Gasteiger partial charge in [0, 0.05) is 0 Å². The summed E-state index contributed by atoms with van der Waals surface area (Å²) in [6.45, 7) is 7.88. The molecular weight excluding hydrogens is 194 g/mol. The monoisotopic (exact) mass is 225 g/mol. The van der Waals surface area contributed by atoms with Crippen LogP contribution in [0.25, 0.3) is 0 Å². The summed E-state index contributed by atoms with van der Waals surface area (Å²) in [6.07, 6.45) is 11.2. The van der Waals surface area contributed by atoms with E-state index in [2.05, 4.69) is 20.8 Å². The first-order valence-corrected chi connectivity index (χ1v) is 7.32. The van der Waals surface area contributed by atoms with Gasteiger partial charge in [0.1, 0.15) is 0 Å². The Balaban J connectivity index is 2.38. The predicted octanol–water partition coefficient (Wildman–Crippen LogP) is 4.36. The maximum absolute atomic E-state index is 6.04. The highest BCUT2D eigenvalue weighted by Crippen LogP contribution is 2.43. The van der Waals surface area contributed by atoms with Crippen molar-refractivity contribution >= 4 is 0 Å². The molecule has 2 N–H and O–H groups in total. The highest BCUT2D eigenvalue weighted by Gasteiger charge is 2.33. The van der Waals surface area contributed by atoms with Crippen molar-refractivity contribution in [2.24, 2.45) is 23.0 Å². The van der Waals surface area contributed by atoms with Gasteiger partial charge in [0.05, 0.1) is 0 Å². The van der Waals surface area contributed by atoms with Crippen molar-refractivity contribution in [3.63, 3.8) is 0 Å². The maximum Gasteiger partial charge on any atom is -0.00205 e. The van der Waals surface area contributed by atoms with Gasteiger partial charge < -0.3 is 5.73 Å². The first-order valence-electron chi connectivity index (χ1n) is 7.32. The van der Waals surface area contributed by atoms with Crippen molar-refractivity contribution < 1.29 is 0 Å². The van der Waals surface area contributed by atoms with E-state index in [1.54, 1.807) is 0 Å². The summed E-state index contributed by atoms with van der Waals surface area (Å²) in [6, 6.07) is 0. The van der Waals surface area contributed by atoms with Crippen LogP contribution in [0, 0.1) is 17.3 Å². The summed E-state index contributed by atoms with van der Waals surface area (Å²) in [4.78, 5) is 0. The molecule has 96 valence electrons. The molecule has 0 saturated heterocycles. The molecule has 0 bridgehead atoms. The number of rotatable bonds is 6. The number of hydrogen-bond acceptors (Lipinski definition) is 1. The highest BCUT2D eigenvalue weighted by molar-refractivity contribution is 4.86. The second-order valence-electron chi connectivity index (χ2n) is 6.37. The largest absolute Gasteiger partial charge is 0.330 e. The van der Waals surface area contributed by atoms with Crippen molar-refractivity contribution in [1.82, 2.24) is 0 Å². The van der Waals surface area contributed by atoms with E-state index in [4.69, 9.17) is 5.73 Å². The lowest BCUT2D eigenvalue weighted by molar-refractivity contribution is 0.132. The molecule has 0 heterocycles. The lowest BCUT2D eigenvalue weighted by Gasteiger charge is -2.40. The smallest absolute Gasteiger partial charge is 0.00205 e. The van der Waals surface area contributed by atoms with Crippen LogP contribution < -0.4 is 5.73 Å². The highest BCUT2D eigenvalue weighted by atomic mass is 14.6. The second kappa shape index (κ2) is 6.64. The fourth-order valence-electron chi connectivity index (χ4n) is 3.14. The molecule has 1 saturated carbocycles. The van der Waals surface area contributed by atoms with Gasteiger partial charge in [0.2, 0.25) is 0 Å². The first kappa shape index (κ1) is 14.0. The molecule has 0 amide bonds. The molecule has 1 nitrogen and oxygen atoms in total. The van der Waals surface area contributed by atoms with E-state index in [0.29, 0.717) is 5.41 Å². The van der Waals surface area contributed by atoms with Crippen molar-refractivity contribution in [2.75, 3.05) is 6.54 Å². The Morgan fingerprint density at radius 3 is 2.31 bits per heavy atom. The third-order valence-corrected chi connectivity index (χ3v) is 4.55. The van der Waals surface area contributed by atoms with Crippen LogP contribution in [-0.2, 0) is 0 Å². The molecule has 1 aliphatic rings. The average Bonchev–Trinajstić information content (AvgIpc) is 2.29. The van der Waals surface area contributed by atoms with E-state index >= 15 is 0 Å². The van der Waals surface area contributed by atoms with E-state index in [0.717, 1.165) is 18.4 Å². The van der Waals surface area contributed by atoms with E-state index in [-0.39, 0.29) is 0 Å². The molecule has 0 aromatic heterocycles. The normalized spacial score (nSPS) is 30.9. The fraction of sp³-hybridized carbons (Fsp3) is 1.00. The third-order valence-electron chi connectivity index (χ3n) is 4.55. The van der Waals surface area contributed by atoms with Gasteiger partial charge in [-0.15, -0.1) is 0 Å². The zero-order chi connectivity index (χ0) is 12.0. The van der Waals surface area contributed by atoms with Crippen molar-refractivity contribution in [3.8, 4) is 0 Å². The van der Waals surface area contributed by atoms with Crippen molar-refractivity contribution in [2.45, 2.75) is 72.1 Å². The number of nitrogens with two attached hydrogens (primary N) is 1. The minimum absolute atomic E-state index is 0.508. The molecule has 0 spiro atoms. The van der Waals surface area contributed by atoms with Gasteiger partial charge in [0.25, 0.3) is 0 Å². The molecular formula is C15H31N. The molecule has 1 aliphatic carbocycles. The average molecular weight is 225 g/mol. The lowest BCUT2D eigenvalue weighted by Crippen LogP contribution is -2.35. The van der Waals surface area contributed by atoms with Crippen LogP contribution in [0.5, 0.6) is 0 Å². The van der Waals surface area contributed by atoms with Crippen molar-refractivity contribution in [3.05, 3.63) is 0 Å². The molecule has 1 heteroatoms. The van der Waals surface area contributed by atoms with Crippen LogP contribution in [0.1, 0.15) is 72.1 Å². The van der Waals surface area contributed by atoms with E-state index in [1.165, 1.54) is 51.4 Å². The van der Waals surface area contributed by atoms with Crippen LogP contribution in [0.2, 0.25) is 0 Å². The molecule has 16 heavy (non-hydrogen) atoms. The Labute approximate surface area is 102 Å². The van der Waals surface area contributed by atoms with Gasteiger partial charge in [-0.05, 0) is 55.9 Å². The molecule has 0 radical (unpaired) electrons. The minimum atomic E-state index is 0.508. The van der Waals surface area contributed by atoms with Crippen LogP contribution in [0.4, 0.5) is 0 Å². The maximum atomic E-state index is 6.04. The Hall–Kier alpha value is -0.0400. The molecule has 1 fully saturated rings. The zero-order valence-electron chi connectivity index (χ0n) is 11.6. The lowest BCUT2D eigenvalue weighted by atomic mass is 9.67. The Morgan fingerprint density at radius 1 is 1.25 bits per heavy atom. The zero-order valence-corrected chi connectivity index (χ0v) is 11.6. The third kappa shape index (κ3) is 4.08. The van der Waals surface area contributed by atoms with E-state index in [9.17, 15) is 0 Å². The van der Waals surface area contributed by atoms with Crippen molar-refractivity contribution in [1.29, 1.82) is 0 Å². The Bertz CT molecular complexity index is 178. The van der Waals surface area contributed by atoms with Crippen LogP contribution in [-0.4, -0.2) is 6.54 Å². The fourth-order valence-corrected chi connectivity index (χ4v) is 3.14. The van der Waals surface area contributed by atoms with E-state index in [1.807, 2.05) is 0 Å². The standard InChI is InChI=1S/C15H31N/c1-4-5-14-7-10-15(12-16,11-8-14)9-6-13(2)3/h13-14H,4-12,16H2,1-3H3. The topological polar surface area (TPSA) is 26.0 Å².